The van der Waals surface area contributed by atoms with Crippen LogP contribution >= 0.6 is 0 Å². The van der Waals surface area contributed by atoms with Gasteiger partial charge in [0.15, 0.2) is 11.5 Å². The van der Waals surface area contributed by atoms with Crippen LogP contribution in [0.3, 0.4) is 0 Å². The molecule has 0 aliphatic heterocycles. The molecule has 0 saturated heterocycles. The van der Waals surface area contributed by atoms with Gasteiger partial charge in [0.25, 0.3) is 0 Å². The summed E-state index contributed by atoms with van der Waals surface area (Å²) in [6.45, 7) is 1.77. The lowest BCUT2D eigenvalue weighted by Crippen LogP contribution is -1.96. The summed E-state index contributed by atoms with van der Waals surface area (Å²) >= 11 is 0. The molecule has 0 atom stereocenters. The van der Waals surface area contributed by atoms with Gasteiger partial charge in [-0.15, -0.1) is 0 Å². The molecule has 0 N–H and O–H groups in total. The van der Waals surface area contributed by atoms with Crippen molar-refractivity contribution in [2.24, 2.45) is 0 Å². The monoisotopic (exact) mass is 262 g/mol. The van der Waals surface area contributed by atoms with Gasteiger partial charge in [0.05, 0.1) is 5.56 Å². The van der Waals surface area contributed by atoms with Crippen LogP contribution in [0.1, 0.15) is 18.2 Å². The zero-order valence-corrected chi connectivity index (χ0v) is 10.0. The fourth-order valence-electron chi connectivity index (χ4n) is 1.76. The van der Waals surface area contributed by atoms with E-state index in [0.29, 0.717) is 12.0 Å². The van der Waals surface area contributed by atoms with Gasteiger partial charge in [0, 0.05) is 11.8 Å². The lowest BCUT2D eigenvalue weighted by atomic mass is 10.0. The Morgan fingerprint density at radius 3 is 2.21 bits per heavy atom. The number of pyridine rings is 1. The molecule has 0 spiro atoms. The minimum absolute atomic E-state index is 0.0332. The summed E-state index contributed by atoms with van der Waals surface area (Å²) in [7, 11) is 0. The molecule has 0 aliphatic carbocycles. The fraction of sp³-hybridized carbons (Fsp3) is 0.143. The highest BCUT2D eigenvalue weighted by atomic mass is 19.1. The van der Waals surface area contributed by atoms with Gasteiger partial charge in [-0.3, -0.25) is 0 Å². The molecule has 2 rings (SSSR count). The molecule has 1 aromatic carbocycles. The molecule has 2 aromatic rings. The first-order chi connectivity index (χ1) is 9.06. The van der Waals surface area contributed by atoms with Crippen LogP contribution in [-0.2, 0) is 6.42 Å². The summed E-state index contributed by atoms with van der Waals surface area (Å²) < 4.78 is 41.1. The van der Waals surface area contributed by atoms with E-state index in [-0.39, 0.29) is 11.1 Å². The van der Waals surface area contributed by atoms with E-state index < -0.39 is 23.1 Å². The van der Waals surface area contributed by atoms with E-state index in [2.05, 4.69) is 4.98 Å². The van der Waals surface area contributed by atoms with Crippen molar-refractivity contribution >= 4 is 0 Å². The summed E-state index contributed by atoms with van der Waals surface area (Å²) in [5, 5.41) is 8.56. The third-order valence-corrected chi connectivity index (χ3v) is 2.75. The highest BCUT2D eigenvalue weighted by molar-refractivity contribution is 5.65. The minimum atomic E-state index is -0.904. The molecule has 1 aromatic heterocycles. The zero-order chi connectivity index (χ0) is 14.0. The second kappa shape index (κ2) is 5.11. The van der Waals surface area contributed by atoms with Crippen molar-refractivity contribution in [3.8, 4) is 17.2 Å². The van der Waals surface area contributed by atoms with E-state index in [4.69, 9.17) is 5.26 Å². The number of nitriles is 1. The van der Waals surface area contributed by atoms with E-state index in [1.807, 2.05) is 0 Å². The normalized spacial score (nSPS) is 10.3. The standard InChI is InChI=1S/C14H9F3N2/c1-2-8-3-11(16)14(12(17)4-8)9-5-10(15)13(6-18)19-7-9/h3-5,7H,2H2,1H3. The van der Waals surface area contributed by atoms with Crippen LogP contribution in [0.5, 0.6) is 0 Å². The Morgan fingerprint density at radius 1 is 1.11 bits per heavy atom. The lowest BCUT2D eigenvalue weighted by molar-refractivity contribution is 0.584. The molecule has 0 saturated carbocycles. The quantitative estimate of drug-likeness (QED) is 0.829. The van der Waals surface area contributed by atoms with Crippen molar-refractivity contribution in [3.63, 3.8) is 0 Å². The van der Waals surface area contributed by atoms with Crippen LogP contribution in [-0.4, -0.2) is 4.98 Å². The van der Waals surface area contributed by atoms with Crippen LogP contribution in [0.25, 0.3) is 11.1 Å². The lowest BCUT2D eigenvalue weighted by Gasteiger charge is -2.07. The van der Waals surface area contributed by atoms with Gasteiger partial charge in [-0.05, 0) is 30.2 Å². The predicted octanol–water partition coefficient (Wildman–Crippen LogP) is 3.60. The maximum atomic E-state index is 13.8. The second-order valence-corrected chi connectivity index (χ2v) is 3.95. The molecule has 96 valence electrons. The van der Waals surface area contributed by atoms with Crippen molar-refractivity contribution in [1.29, 1.82) is 5.26 Å². The van der Waals surface area contributed by atoms with Crippen LogP contribution in [0.4, 0.5) is 13.2 Å². The average Bonchev–Trinajstić information content (AvgIpc) is 2.38. The van der Waals surface area contributed by atoms with Crippen LogP contribution in [0.2, 0.25) is 0 Å². The highest BCUT2D eigenvalue weighted by Gasteiger charge is 2.15. The molecule has 0 bridgehead atoms. The number of hydrogen-bond acceptors (Lipinski definition) is 2. The first-order valence-electron chi connectivity index (χ1n) is 5.60. The Hall–Kier alpha value is -2.35. The average molecular weight is 262 g/mol. The van der Waals surface area contributed by atoms with Gasteiger partial charge in [0.1, 0.15) is 17.7 Å². The summed E-state index contributed by atoms with van der Waals surface area (Å²) in [4.78, 5) is 3.53. The molecule has 5 heteroatoms. The molecule has 19 heavy (non-hydrogen) atoms. The van der Waals surface area contributed by atoms with Gasteiger partial charge >= 0.3 is 0 Å². The molecule has 0 unspecified atom stereocenters. The number of halogens is 3. The van der Waals surface area contributed by atoms with E-state index in [1.165, 1.54) is 12.1 Å². The minimum Gasteiger partial charge on any atom is -0.242 e. The molecule has 0 amide bonds. The maximum absolute atomic E-state index is 13.8. The van der Waals surface area contributed by atoms with Gasteiger partial charge < -0.3 is 0 Å². The fourth-order valence-corrected chi connectivity index (χ4v) is 1.76. The number of hydrogen-bond donors (Lipinski definition) is 0. The summed E-state index contributed by atoms with van der Waals surface area (Å²) in [6, 6.07) is 4.86. The molecular formula is C14H9F3N2. The third-order valence-electron chi connectivity index (χ3n) is 2.75. The van der Waals surface area contributed by atoms with Crippen LogP contribution < -0.4 is 0 Å². The molecule has 0 fully saturated rings. The van der Waals surface area contributed by atoms with Crippen molar-refractivity contribution in [2.75, 3.05) is 0 Å². The number of aromatic nitrogens is 1. The van der Waals surface area contributed by atoms with Crippen molar-refractivity contribution in [3.05, 3.63) is 53.1 Å². The topological polar surface area (TPSA) is 36.7 Å². The Bertz CT molecular complexity index is 652. The Kier molecular flexibility index (Phi) is 3.52. The SMILES string of the molecule is CCc1cc(F)c(-c2cnc(C#N)c(F)c2)c(F)c1. The van der Waals surface area contributed by atoms with E-state index in [0.717, 1.165) is 12.3 Å². The molecule has 1 heterocycles. The van der Waals surface area contributed by atoms with E-state index >= 15 is 0 Å². The first-order valence-corrected chi connectivity index (χ1v) is 5.60. The smallest absolute Gasteiger partial charge is 0.176 e. The molecule has 2 nitrogen and oxygen atoms in total. The summed E-state index contributed by atoms with van der Waals surface area (Å²) in [6.07, 6.45) is 1.57. The largest absolute Gasteiger partial charge is 0.242 e. The maximum Gasteiger partial charge on any atom is 0.176 e. The summed E-state index contributed by atoms with van der Waals surface area (Å²) in [5.74, 6) is -2.45. The molecule has 0 radical (unpaired) electrons. The summed E-state index contributed by atoms with van der Waals surface area (Å²) in [5.41, 5.74) is -0.266. The van der Waals surface area contributed by atoms with Crippen LogP contribution in [0, 0.1) is 28.8 Å². The number of aryl methyl sites for hydroxylation is 1. The number of rotatable bonds is 2. The Labute approximate surface area is 108 Å². The number of nitrogens with zero attached hydrogens (tertiary/aromatic N) is 2. The Morgan fingerprint density at radius 2 is 1.74 bits per heavy atom. The third kappa shape index (κ3) is 2.43. The molecule has 0 aliphatic rings. The molecular weight excluding hydrogens is 253 g/mol. The second-order valence-electron chi connectivity index (χ2n) is 3.95. The highest BCUT2D eigenvalue weighted by Crippen LogP contribution is 2.27. The van der Waals surface area contributed by atoms with Crippen molar-refractivity contribution in [1.82, 2.24) is 4.98 Å². The van der Waals surface area contributed by atoms with Crippen molar-refractivity contribution in [2.45, 2.75) is 13.3 Å². The predicted molar refractivity (Wildman–Crippen MR) is 63.6 cm³/mol. The van der Waals surface area contributed by atoms with Gasteiger partial charge in [-0.2, -0.15) is 5.26 Å². The van der Waals surface area contributed by atoms with Gasteiger partial charge in [-0.1, -0.05) is 6.92 Å². The number of benzene rings is 1. The zero-order valence-electron chi connectivity index (χ0n) is 10.0. The first kappa shape index (κ1) is 13.1. The van der Waals surface area contributed by atoms with Gasteiger partial charge in [0.2, 0.25) is 0 Å². The Balaban J connectivity index is 2.60. The van der Waals surface area contributed by atoms with E-state index in [9.17, 15) is 13.2 Å². The van der Waals surface area contributed by atoms with Crippen LogP contribution in [0.15, 0.2) is 24.4 Å². The van der Waals surface area contributed by atoms with Crippen molar-refractivity contribution < 1.29 is 13.2 Å². The van der Waals surface area contributed by atoms with E-state index in [1.54, 1.807) is 13.0 Å². The van der Waals surface area contributed by atoms with Gasteiger partial charge in [-0.25, -0.2) is 18.2 Å².